The molecule has 0 amide bonds. The maximum absolute atomic E-state index is 4.81. The van der Waals surface area contributed by atoms with Crippen molar-refractivity contribution in [3.63, 3.8) is 0 Å². The highest BCUT2D eigenvalue weighted by molar-refractivity contribution is 6.09. The number of hydrogen-bond donors (Lipinski definition) is 0. The van der Waals surface area contributed by atoms with Gasteiger partial charge in [0.05, 0.1) is 22.2 Å². The first-order chi connectivity index (χ1) is 25.3. The van der Waals surface area contributed by atoms with E-state index in [1.165, 1.54) is 54.8 Å². The normalized spacial score (nSPS) is 11.5. The van der Waals surface area contributed by atoms with Crippen LogP contribution >= 0.6 is 0 Å². The molecule has 0 aliphatic heterocycles. The summed E-state index contributed by atoms with van der Waals surface area (Å²) in [5, 5.41) is 6.02. The minimum atomic E-state index is 0.934. The molecule has 2 heterocycles. The molecule has 0 saturated heterocycles. The summed E-state index contributed by atoms with van der Waals surface area (Å²) in [5.41, 5.74) is 13.6. The standard InChI is InChI=1S/C48H31N3/c1-2-12-32(13-3-1)34-28-35(30-36(29-34)48-44-18-6-9-19-45(44)49-31-50-48)39-27-26-38(40-14-4-5-15-41(39)40)33-22-24-37(25-23-33)51-46-20-10-7-16-42(46)43-17-8-11-21-47(43)51/h1-31H. The zero-order valence-corrected chi connectivity index (χ0v) is 27.7. The summed E-state index contributed by atoms with van der Waals surface area (Å²) in [4.78, 5) is 9.35. The predicted molar refractivity (Wildman–Crippen MR) is 213 cm³/mol. The molecule has 0 unspecified atom stereocenters. The van der Waals surface area contributed by atoms with Crippen molar-refractivity contribution in [3.05, 3.63) is 188 Å². The van der Waals surface area contributed by atoms with Crippen LogP contribution in [0.5, 0.6) is 0 Å². The quantitative estimate of drug-likeness (QED) is 0.186. The SMILES string of the molecule is c1ccc(-c2cc(-c3ncnc4ccccc34)cc(-c3ccc(-c4ccc(-n5c6ccccc6c6ccccc65)cc4)c4ccccc34)c2)cc1. The molecule has 8 aromatic carbocycles. The van der Waals surface area contributed by atoms with Crippen LogP contribution in [0.25, 0.3) is 93.8 Å². The van der Waals surface area contributed by atoms with Crippen LogP contribution in [-0.4, -0.2) is 14.5 Å². The van der Waals surface area contributed by atoms with Crippen LogP contribution in [0, 0.1) is 0 Å². The lowest BCUT2D eigenvalue weighted by Crippen LogP contribution is -1.94. The fraction of sp³-hybridized carbons (Fsp3) is 0. The monoisotopic (exact) mass is 649 g/mol. The summed E-state index contributed by atoms with van der Waals surface area (Å²) in [5.74, 6) is 0. The Morgan fingerprint density at radius 1 is 0.333 bits per heavy atom. The van der Waals surface area contributed by atoms with Gasteiger partial charge in [0, 0.05) is 27.4 Å². The van der Waals surface area contributed by atoms with Gasteiger partial charge in [-0.3, -0.25) is 0 Å². The lowest BCUT2D eigenvalue weighted by atomic mass is 9.89. The Bertz CT molecular complexity index is 2840. The van der Waals surface area contributed by atoms with E-state index in [-0.39, 0.29) is 0 Å². The Balaban J connectivity index is 1.12. The Labute approximate surface area is 295 Å². The van der Waals surface area contributed by atoms with Crippen LogP contribution in [0.4, 0.5) is 0 Å². The molecular formula is C48H31N3. The first-order valence-corrected chi connectivity index (χ1v) is 17.3. The molecule has 0 bridgehead atoms. The molecule has 0 fully saturated rings. The second-order valence-corrected chi connectivity index (χ2v) is 13.0. The van der Waals surface area contributed by atoms with E-state index >= 15 is 0 Å². The maximum atomic E-state index is 4.81. The van der Waals surface area contributed by atoms with Gasteiger partial charge in [-0.25, -0.2) is 9.97 Å². The van der Waals surface area contributed by atoms with Gasteiger partial charge in [-0.05, 0) is 92.7 Å². The average Bonchev–Trinajstić information content (AvgIpc) is 3.55. The highest BCUT2D eigenvalue weighted by Gasteiger charge is 2.16. The minimum Gasteiger partial charge on any atom is -0.309 e. The van der Waals surface area contributed by atoms with Crippen molar-refractivity contribution in [1.82, 2.24) is 14.5 Å². The number of hydrogen-bond acceptors (Lipinski definition) is 2. The molecule has 0 saturated carbocycles. The predicted octanol–water partition coefficient (Wildman–Crippen LogP) is 12.5. The molecule has 0 aliphatic rings. The molecule has 0 radical (unpaired) electrons. The van der Waals surface area contributed by atoms with Gasteiger partial charge in [0.1, 0.15) is 6.33 Å². The number of benzene rings is 8. The van der Waals surface area contributed by atoms with Crippen LogP contribution < -0.4 is 0 Å². The summed E-state index contributed by atoms with van der Waals surface area (Å²) in [7, 11) is 0. The van der Waals surface area contributed by atoms with E-state index in [0.717, 1.165) is 39.0 Å². The number of aromatic nitrogens is 3. The molecule has 3 nitrogen and oxygen atoms in total. The Hall–Kier alpha value is -6.84. The lowest BCUT2D eigenvalue weighted by Gasteiger charge is -2.16. The Morgan fingerprint density at radius 3 is 1.55 bits per heavy atom. The third-order valence-corrected chi connectivity index (χ3v) is 10.1. The fourth-order valence-corrected chi connectivity index (χ4v) is 7.75. The van der Waals surface area contributed by atoms with Gasteiger partial charge in [0.15, 0.2) is 0 Å². The van der Waals surface area contributed by atoms with Crippen molar-refractivity contribution >= 4 is 43.5 Å². The summed E-state index contributed by atoms with van der Waals surface area (Å²) >= 11 is 0. The van der Waals surface area contributed by atoms with Crippen molar-refractivity contribution in [2.45, 2.75) is 0 Å². The smallest absolute Gasteiger partial charge is 0.116 e. The molecule has 3 heteroatoms. The second-order valence-electron chi connectivity index (χ2n) is 13.0. The average molecular weight is 650 g/mol. The van der Waals surface area contributed by atoms with E-state index < -0.39 is 0 Å². The van der Waals surface area contributed by atoms with E-state index in [1.54, 1.807) is 6.33 Å². The Morgan fingerprint density at radius 2 is 0.863 bits per heavy atom. The molecule has 238 valence electrons. The molecule has 0 N–H and O–H groups in total. The van der Waals surface area contributed by atoms with Crippen molar-refractivity contribution in [1.29, 1.82) is 0 Å². The zero-order chi connectivity index (χ0) is 33.7. The highest BCUT2D eigenvalue weighted by atomic mass is 15.0. The van der Waals surface area contributed by atoms with Crippen molar-refractivity contribution < 1.29 is 0 Å². The van der Waals surface area contributed by atoms with Gasteiger partial charge < -0.3 is 4.57 Å². The van der Waals surface area contributed by atoms with Crippen LogP contribution in [0.15, 0.2) is 188 Å². The molecular weight excluding hydrogens is 619 g/mol. The van der Waals surface area contributed by atoms with Crippen LogP contribution in [0.1, 0.15) is 0 Å². The van der Waals surface area contributed by atoms with Gasteiger partial charge >= 0.3 is 0 Å². The summed E-state index contributed by atoms with van der Waals surface area (Å²) in [6, 6.07) is 65.3. The minimum absolute atomic E-state index is 0.934. The molecule has 0 spiro atoms. The van der Waals surface area contributed by atoms with E-state index in [0.29, 0.717) is 0 Å². The Kier molecular flexibility index (Phi) is 6.81. The summed E-state index contributed by atoms with van der Waals surface area (Å²) in [6.45, 7) is 0. The number of rotatable bonds is 5. The largest absolute Gasteiger partial charge is 0.309 e. The molecule has 2 aromatic heterocycles. The van der Waals surface area contributed by atoms with Crippen LogP contribution in [0.3, 0.4) is 0 Å². The zero-order valence-electron chi connectivity index (χ0n) is 27.7. The van der Waals surface area contributed by atoms with Gasteiger partial charge in [0.2, 0.25) is 0 Å². The maximum Gasteiger partial charge on any atom is 0.116 e. The number of nitrogens with zero attached hydrogens (tertiary/aromatic N) is 3. The van der Waals surface area contributed by atoms with Crippen LogP contribution in [0.2, 0.25) is 0 Å². The first kappa shape index (κ1) is 29.1. The van der Waals surface area contributed by atoms with E-state index in [2.05, 4.69) is 179 Å². The lowest BCUT2D eigenvalue weighted by molar-refractivity contribution is 1.18. The highest BCUT2D eigenvalue weighted by Crippen LogP contribution is 2.40. The molecule has 0 atom stereocenters. The number of fused-ring (bicyclic) bond motifs is 5. The summed E-state index contributed by atoms with van der Waals surface area (Å²) in [6.07, 6.45) is 1.67. The first-order valence-electron chi connectivity index (χ1n) is 17.3. The van der Waals surface area contributed by atoms with Crippen molar-refractivity contribution in [2.75, 3.05) is 0 Å². The van der Waals surface area contributed by atoms with Gasteiger partial charge in [0.25, 0.3) is 0 Å². The van der Waals surface area contributed by atoms with Gasteiger partial charge in [-0.1, -0.05) is 133 Å². The fourth-order valence-electron chi connectivity index (χ4n) is 7.75. The van der Waals surface area contributed by atoms with Gasteiger partial charge in [-0.15, -0.1) is 0 Å². The molecule has 0 aliphatic carbocycles. The third kappa shape index (κ3) is 4.90. The third-order valence-electron chi connectivity index (χ3n) is 10.1. The summed E-state index contributed by atoms with van der Waals surface area (Å²) < 4.78 is 2.37. The van der Waals surface area contributed by atoms with Crippen molar-refractivity contribution in [3.8, 4) is 50.3 Å². The molecule has 10 rings (SSSR count). The van der Waals surface area contributed by atoms with Gasteiger partial charge in [-0.2, -0.15) is 0 Å². The van der Waals surface area contributed by atoms with E-state index in [9.17, 15) is 0 Å². The molecule has 51 heavy (non-hydrogen) atoms. The number of para-hydroxylation sites is 3. The van der Waals surface area contributed by atoms with E-state index in [4.69, 9.17) is 4.98 Å². The van der Waals surface area contributed by atoms with Crippen molar-refractivity contribution in [2.24, 2.45) is 0 Å². The molecule has 10 aromatic rings. The topological polar surface area (TPSA) is 30.7 Å². The van der Waals surface area contributed by atoms with E-state index in [1.807, 2.05) is 12.1 Å². The second kappa shape index (κ2) is 11.9. The van der Waals surface area contributed by atoms with Crippen LogP contribution in [-0.2, 0) is 0 Å².